The minimum absolute atomic E-state index is 0.113. The van der Waals surface area contributed by atoms with Gasteiger partial charge in [0.05, 0.1) is 30.1 Å². The molecule has 0 spiro atoms. The van der Waals surface area contributed by atoms with Crippen molar-refractivity contribution in [2.24, 2.45) is 0 Å². The number of ketones is 1. The van der Waals surface area contributed by atoms with E-state index in [-0.39, 0.29) is 23.0 Å². The molecular formula is C23H24ClN3O5. The van der Waals surface area contributed by atoms with Crippen LogP contribution in [0, 0.1) is 20.8 Å². The van der Waals surface area contributed by atoms with Crippen LogP contribution in [-0.4, -0.2) is 45.7 Å². The number of nitrogens with zero attached hydrogens (tertiary/aromatic N) is 2. The Morgan fingerprint density at radius 3 is 2.34 bits per heavy atom. The summed E-state index contributed by atoms with van der Waals surface area (Å²) < 4.78 is 11.8. The van der Waals surface area contributed by atoms with Crippen LogP contribution >= 0.6 is 11.6 Å². The fraction of sp³-hybridized carbons (Fsp3) is 0.304. The minimum Gasteiger partial charge on any atom is -0.462 e. The molecule has 0 saturated carbocycles. The normalized spacial score (nSPS) is 10.8. The highest BCUT2D eigenvalue weighted by Crippen LogP contribution is 2.23. The Balaban J connectivity index is 1.72. The van der Waals surface area contributed by atoms with Crippen molar-refractivity contribution in [2.75, 3.05) is 13.2 Å². The van der Waals surface area contributed by atoms with E-state index < -0.39 is 24.3 Å². The number of aryl methyl sites for hydroxylation is 2. The number of hydrogen-bond donors (Lipinski definition) is 1. The Hall–Kier alpha value is -3.39. The van der Waals surface area contributed by atoms with Crippen molar-refractivity contribution in [2.45, 2.75) is 34.2 Å². The van der Waals surface area contributed by atoms with E-state index in [0.29, 0.717) is 29.1 Å². The molecule has 0 fully saturated rings. The number of esters is 2. The lowest BCUT2D eigenvalue weighted by Crippen LogP contribution is -2.16. The van der Waals surface area contributed by atoms with Crippen LogP contribution in [0.3, 0.4) is 0 Å². The lowest BCUT2D eigenvalue weighted by atomic mass is 10.1. The molecule has 0 bridgehead atoms. The number of carbonyl (C=O) groups is 3. The van der Waals surface area contributed by atoms with Crippen LogP contribution in [0.4, 0.5) is 0 Å². The largest absolute Gasteiger partial charge is 0.462 e. The van der Waals surface area contributed by atoms with Gasteiger partial charge in [-0.2, -0.15) is 5.10 Å². The zero-order valence-electron chi connectivity index (χ0n) is 18.3. The van der Waals surface area contributed by atoms with Crippen molar-refractivity contribution in [1.82, 2.24) is 14.8 Å². The monoisotopic (exact) mass is 457 g/mol. The van der Waals surface area contributed by atoms with E-state index in [2.05, 4.69) is 10.1 Å². The number of ether oxygens (including phenoxy) is 2. The van der Waals surface area contributed by atoms with Crippen LogP contribution in [0.2, 0.25) is 5.15 Å². The second kappa shape index (κ2) is 9.82. The maximum atomic E-state index is 12.6. The third-order valence-corrected chi connectivity index (χ3v) is 5.36. The summed E-state index contributed by atoms with van der Waals surface area (Å²) in [5.41, 5.74) is 2.95. The number of Topliss-reactive ketones (excluding diaryl/α,β-unsaturated/α-hetero) is 1. The van der Waals surface area contributed by atoms with Gasteiger partial charge in [-0.25, -0.2) is 14.3 Å². The van der Waals surface area contributed by atoms with Crippen molar-refractivity contribution in [3.05, 3.63) is 74.8 Å². The lowest BCUT2D eigenvalue weighted by Gasteiger charge is -2.06. The molecule has 0 saturated heterocycles. The van der Waals surface area contributed by atoms with Crippen LogP contribution in [-0.2, 0) is 16.0 Å². The number of halogens is 1. The first-order valence-electron chi connectivity index (χ1n) is 10.1. The molecule has 0 atom stereocenters. The number of H-pyrrole nitrogens is 1. The standard InChI is InChI=1S/C23H24ClN3O5/c1-5-31-22(29)18-13(2)20(25-14(18)3)17(28)12-32-23(30)19-15(4)26-27(21(19)24)11-16-9-7-6-8-10-16/h6-10,25H,5,11-12H2,1-4H3. The summed E-state index contributed by atoms with van der Waals surface area (Å²) in [4.78, 5) is 40.3. The van der Waals surface area contributed by atoms with Crippen LogP contribution in [0.5, 0.6) is 0 Å². The zero-order valence-corrected chi connectivity index (χ0v) is 19.1. The van der Waals surface area contributed by atoms with Gasteiger partial charge in [0.15, 0.2) is 6.61 Å². The molecule has 8 nitrogen and oxygen atoms in total. The molecule has 1 N–H and O–H groups in total. The maximum Gasteiger partial charge on any atom is 0.343 e. The number of aromatic nitrogens is 3. The van der Waals surface area contributed by atoms with E-state index in [0.717, 1.165) is 5.56 Å². The Labute approximate surface area is 190 Å². The van der Waals surface area contributed by atoms with Crippen LogP contribution in [0.15, 0.2) is 30.3 Å². The van der Waals surface area contributed by atoms with Gasteiger partial charge in [0, 0.05) is 5.69 Å². The summed E-state index contributed by atoms with van der Waals surface area (Å²) in [6.07, 6.45) is 0. The summed E-state index contributed by atoms with van der Waals surface area (Å²) in [5, 5.41) is 4.46. The fourth-order valence-electron chi connectivity index (χ4n) is 3.46. The van der Waals surface area contributed by atoms with Gasteiger partial charge < -0.3 is 14.5 Å². The van der Waals surface area contributed by atoms with Gasteiger partial charge in [-0.3, -0.25) is 4.79 Å². The van der Waals surface area contributed by atoms with Crippen LogP contribution in [0.25, 0.3) is 0 Å². The van der Waals surface area contributed by atoms with Gasteiger partial charge >= 0.3 is 11.9 Å². The van der Waals surface area contributed by atoms with E-state index in [1.54, 1.807) is 27.7 Å². The second-order valence-corrected chi connectivity index (χ2v) is 7.60. The van der Waals surface area contributed by atoms with Gasteiger partial charge in [0.2, 0.25) is 5.78 Å². The predicted octanol–water partition coefficient (Wildman–Crippen LogP) is 4.05. The average molecular weight is 458 g/mol. The second-order valence-electron chi connectivity index (χ2n) is 7.24. The molecule has 3 aromatic rings. The fourth-order valence-corrected chi connectivity index (χ4v) is 3.77. The molecule has 0 radical (unpaired) electrons. The summed E-state index contributed by atoms with van der Waals surface area (Å²) in [6, 6.07) is 9.56. The molecule has 2 heterocycles. The van der Waals surface area contributed by atoms with Gasteiger partial charge in [0.25, 0.3) is 0 Å². The molecule has 0 amide bonds. The molecule has 2 aromatic heterocycles. The number of carbonyl (C=O) groups excluding carboxylic acids is 3. The van der Waals surface area contributed by atoms with Crippen molar-refractivity contribution in [3.63, 3.8) is 0 Å². The summed E-state index contributed by atoms with van der Waals surface area (Å²) in [7, 11) is 0. The third-order valence-electron chi connectivity index (χ3n) is 4.97. The van der Waals surface area contributed by atoms with Crippen molar-refractivity contribution in [3.8, 4) is 0 Å². The summed E-state index contributed by atoms with van der Waals surface area (Å²) >= 11 is 6.38. The molecule has 1 aromatic carbocycles. The maximum absolute atomic E-state index is 12.6. The molecule has 0 aliphatic carbocycles. The van der Waals surface area contributed by atoms with Gasteiger partial charge in [-0.05, 0) is 38.8 Å². The lowest BCUT2D eigenvalue weighted by molar-refractivity contribution is 0.0471. The Bertz CT molecular complexity index is 1160. The average Bonchev–Trinajstić information content (AvgIpc) is 3.21. The summed E-state index contributed by atoms with van der Waals surface area (Å²) in [6.45, 7) is 6.77. The molecule has 0 unspecified atom stereocenters. The van der Waals surface area contributed by atoms with Gasteiger partial charge in [-0.15, -0.1) is 0 Å². The SMILES string of the molecule is CCOC(=O)c1c(C)[nH]c(C(=O)COC(=O)c2c(C)nn(Cc3ccccc3)c2Cl)c1C. The minimum atomic E-state index is -0.744. The number of benzene rings is 1. The van der Waals surface area contributed by atoms with E-state index in [4.69, 9.17) is 21.1 Å². The smallest absolute Gasteiger partial charge is 0.343 e. The number of rotatable bonds is 8. The Morgan fingerprint density at radius 1 is 1.03 bits per heavy atom. The zero-order chi connectivity index (χ0) is 23.4. The molecule has 32 heavy (non-hydrogen) atoms. The summed E-state index contributed by atoms with van der Waals surface area (Å²) in [5.74, 6) is -1.73. The van der Waals surface area contributed by atoms with E-state index in [1.807, 2.05) is 30.3 Å². The first kappa shape index (κ1) is 23.3. The third kappa shape index (κ3) is 4.75. The van der Waals surface area contributed by atoms with Crippen LogP contribution < -0.4 is 0 Å². The van der Waals surface area contributed by atoms with E-state index >= 15 is 0 Å². The van der Waals surface area contributed by atoms with Crippen molar-refractivity contribution < 1.29 is 23.9 Å². The first-order chi connectivity index (χ1) is 15.2. The van der Waals surface area contributed by atoms with Gasteiger partial charge in [-0.1, -0.05) is 41.9 Å². The predicted molar refractivity (Wildman–Crippen MR) is 118 cm³/mol. The molecule has 9 heteroatoms. The Kier molecular flexibility index (Phi) is 7.15. The number of nitrogens with one attached hydrogen (secondary N) is 1. The van der Waals surface area contributed by atoms with Gasteiger partial charge in [0.1, 0.15) is 10.7 Å². The van der Waals surface area contributed by atoms with E-state index in [9.17, 15) is 14.4 Å². The highest BCUT2D eigenvalue weighted by molar-refractivity contribution is 6.32. The number of hydrogen-bond acceptors (Lipinski definition) is 6. The highest BCUT2D eigenvalue weighted by atomic mass is 35.5. The molecule has 0 aliphatic heterocycles. The van der Waals surface area contributed by atoms with Crippen LogP contribution in [0.1, 0.15) is 60.6 Å². The van der Waals surface area contributed by atoms with Crippen molar-refractivity contribution in [1.29, 1.82) is 0 Å². The molecule has 0 aliphatic rings. The highest BCUT2D eigenvalue weighted by Gasteiger charge is 2.26. The molecule has 3 rings (SSSR count). The Morgan fingerprint density at radius 2 is 1.69 bits per heavy atom. The quantitative estimate of drug-likeness (QED) is 0.404. The number of aromatic amines is 1. The van der Waals surface area contributed by atoms with E-state index in [1.165, 1.54) is 4.68 Å². The first-order valence-corrected chi connectivity index (χ1v) is 10.5. The van der Waals surface area contributed by atoms with Crippen molar-refractivity contribution >= 4 is 29.3 Å². The topological polar surface area (TPSA) is 103 Å². The molecule has 168 valence electrons. The molecular weight excluding hydrogens is 434 g/mol.